The number of ether oxygens (including phenoxy) is 4. The summed E-state index contributed by atoms with van der Waals surface area (Å²) < 4.78 is 22.8. The molecule has 436 valence electrons. The molecule has 14 heteroatoms. The van der Waals surface area contributed by atoms with Crippen molar-refractivity contribution < 1.29 is 64.6 Å². The number of rotatable bonds is 49. The molecule has 2 aliphatic heterocycles. The molecule has 2 heterocycles. The summed E-state index contributed by atoms with van der Waals surface area (Å²) in [6.07, 6.45) is 37.9. The minimum Gasteiger partial charge on any atom is -0.394 e. The molecule has 12 atom stereocenters. The Kier molecular flexibility index (Phi) is 43.0. The summed E-state index contributed by atoms with van der Waals surface area (Å²) in [6, 6.07) is -0.824. The number of aliphatic hydroxyl groups excluding tert-OH is 8. The molecule has 74 heavy (non-hydrogen) atoms. The van der Waals surface area contributed by atoms with E-state index in [0.29, 0.717) is 12.8 Å². The molecule has 2 rings (SSSR count). The van der Waals surface area contributed by atoms with Crippen molar-refractivity contribution in [3.8, 4) is 0 Å². The van der Waals surface area contributed by atoms with E-state index in [4.69, 9.17) is 18.9 Å². The summed E-state index contributed by atoms with van der Waals surface area (Å²) in [5.41, 5.74) is 0. The molecule has 0 aromatic rings. The molecule has 0 bridgehead atoms. The van der Waals surface area contributed by atoms with Crippen LogP contribution in [0.3, 0.4) is 0 Å². The van der Waals surface area contributed by atoms with Crippen LogP contribution < -0.4 is 5.32 Å². The van der Waals surface area contributed by atoms with E-state index in [0.717, 1.165) is 57.8 Å². The number of carbonyl (C=O) groups is 1. The monoisotopic (exact) mass is 1060 g/mol. The van der Waals surface area contributed by atoms with Crippen molar-refractivity contribution in [1.82, 2.24) is 5.32 Å². The molecule has 0 aliphatic carbocycles. The van der Waals surface area contributed by atoms with Crippen molar-refractivity contribution in [2.75, 3.05) is 19.8 Å². The Morgan fingerprint density at radius 2 is 0.892 bits per heavy atom. The summed E-state index contributed by atoms with van der Waals surface area (Å²) in [7, 11) is 0. The number of nitrogens with one attached hydrogen (secondary N) is 1. The van der Waals surface area contributed by atoms with Crippen molar-refractivity contribution in [3.63, 3.8) is 0 Å². The smallest absolute Gasteiger partial charge is 0.220 e. The van der Waals surface area contributed by atoms with Gasteiger partial charge in [0.2, 0.25) is 5.91 Å². The molecule has 2 fully saturated rings. The van der Waals surface area contributed by atoms with Crippen molar-refractivity contribution in [2.24, 2.45) is 0 Å². The predicted octanol–water partition coefficient (Wildman–Crippen LogP) is 10.4. The largest absolute Gasteiger partial charge is 0.394 e. The van der Waals surface area contributed by atoms with E-state index in [1.165, 1.54) is 173 Å². The molecular formula is C60H113NO13. The fourth-order valence-electron chi connectivity index (χ4n) is 10.2. The van der Waals surface area contributed by atoms with Crippen LogP contribution in [0.25, 0.3) is 0 Å². The van der Waals surface area contributed by atoms with Crippen LogP contribution in [-0.4, -0.2) is 140 Å². The maximum absolute atomic E-state index is 13.2. The lowest BCUT2D eigenvalue weighted by molar-refractivity contribution is -0.359. The quantitative estimate of drug-likeness (QED) is 0.0204. The second-order valence-corrected chi connectivity index (χ2v) is 21.8. The number of allylic oxidation sites excluding steroid dienone is 4. The van der Waals surface area contributed by atoms with Crippen LogP contribution in [0.5, 0.6) is 0 Å². The summed E-state index contributed by atoms with van der Waals surface area (Å²) in [6.45, 7) is 2.83. The minimum atomic E-state index is -1.78. The summed E-state index contributed by atoms with van der Waals surface area (Å²) in [5, 5.41) is 87.0. The first-order valence-electron chi connectivity index (χ1n) is 30.6. The van der Waals surface area contributed by atoms with Gasteiger partial charge in [-0.05, 0) is 44.9 Å². The Morgan fingerprint density at radius 3 is 1.35 bits per heavy atom. The highest BCUT2D eigenvalue weighted by Crippen LogP contribution is 2.30. The van der Waals surface area contributed by atoms with Crippen LogP contribution in [0.15, 0.2) is 24.3 Å². The molecule has 0 aromatic carbocycles. The van der Waals surface area contributed by atoms with Crippen molar-refractivity contribution in [3.05, 3.63) is 24.3 Å². The first kappa shape index (κ1) is 68.6. The average Bonchev–Trinajstić information content (AvgIpc) is 3.40. The van der Waals surface area contributed by atoms with Gasteiger partial charge < -0.3 is 65.1 Å². The van der Waals surface area contributed by atoms with Gasteiger partial charge in [-0.2, -0.15) is 0 Å². The van der Waals surface area contributed by atoms with E-state index in [2.05, 4.69) is 43.5 Å². The fourth-order valence-corrected chi connectivity index (χ4v) is 10.2. The molecule has 0 radical (unpaired) electrons. The lowest BCUT2D eigenvalue weighted by atomic mass is 9.97. The van der Waals surface area contributed by atoms with Crippen LogP contribution in [0.2, 0.25) is 0 Å². The molecular weight excluding hydrogens is 943 g/mol. The molecule has 12 unspecified atom stereocenters. The molecule has 14 nitrogen and oxygen atoms in total. The van der Waals surface area contributed by atoms with Gasteiger partial charge in [0.1, 0.15) is 48.8 Å². The summed E-state index contributed by atoms with van der Waals surface area (Å²) in [5.74, 6) is -0.206. The Hall–Kier alpha value is -1.53. The zero-order chi connectivity index (χ0) is 53.9. The van der Waals surface area contributed by atoms with Crippen molar-refractivity contribution in [1.29, 1.82) is 0 Å². The van der Waals surface area contributed by atoms with Gasteiger partial charge in [-0.15, -0.1) is 0 Å². The lowest BCUT2D eigenvalue weighted by Crippen LogP contribution is -2.65. The maximum Gasteiger partial charge on any atom is 0.220 e. The third-order valence-electron chi connectivity index (χ3n) is 15.2. The Balaban J connectivity index is 1.60. The second kappa shape index (κ2) is 46.4. The molecule has 0 aromatic heterocycles. The van der Waals surface area contributed by atoms with Crippen LogP contribution in [0.1, 0.15) is 258 Å². The number of unbranched alkanes of at least 4 members (excludes halogenated alkanes) is 32. The number of amides is 1. The Morgan fingerprint density at radius 1 is 0.486 bits per heavy atom. The third kappa shape index (κ3) is 31.8. The number of carbonyl (C=O) groups excluding carboxylic acids is 1. The zero-order valence-corrected chi connectivity index (χ0v) is 46.8. The molecule has 0 spiro atoms. The first-order valence-corrected chi connectivity index (χ1v) is 30.6. The van der Waals surface area contributed by atoms with Crippen LogP contribution >= 0.6 is 0 Å². The summed E-state index contributed by atoms with van der Waals surface area (Å²) in [4.78, 5) is 13.2. The molecule has 9 N–H and O–H groups in total. The van der Waals surface area contributed by atoms with Crippen molar-refractivity contribution >= 4 is 5.91 Å². The van der Waals surface area contributed by atoms with E-state index in [-0.39, 0.29) is 12.5 Å². The molecule has 2 saturated heterocycles. The highest BCUT2D eigenvalue weighted by atomic mass is 16.7. The topological polar surface area (TPSA) is 228 Å². The minimum absolute atomic E-state index is 0.206. The van der Waals surface area contributed by atoms with Gasteiger partial charge in [-0.1, -0.05) is 231 Å². The first-order chi connectivity index (χ1) is 36.1. The van der Waals surface area contributed by atoms with E-state index in [9.17, 15) is 45.6 Å². The highest BCUT2D eigenvalue weighted by Gasteiger charge is 2.51. The predicted molar refractivity (Wildman–Crippen MR) is 295 cm³/mol. The fraction of sp³-hybridized carbons (Fsp3) is 0.917. The van der Waals surface area contributed by atoms with Crippen LogP contribution in [0.4, 0.5) is 0 Å². The number of hydrogen-bond acceptors (Lipinski definition) is 13. The molecule has 2 aliphatic rings. The van der Waals surface area contributed by atoms with Crippen molar-refractivity contribution in [2.45, 2.75) is 331 Å². The van der Waals surface area contributed by atoms with E-state index >= 15 is 0 Å². The molecule has 1 amide bonds. The van der Waals surface area contributed by atoms with Gasteiger partial charge in [0.05, 0.1) is 32.0 Å². The SMILES string of the molecule is CCCCCCC/C=C\C/C=C\CCCCCCCCCCCCCCCCCCCCCC(=O)NC(COC1OC(CO)C(OC2OC(CO)C(O)C(O)C2O)C(O)C1O)C(O)CCCCCCCCCCC. The Bertz CT molecular complexity index is 1340. The number of hydrogen-bond donors (Lipinski definition) is 9. The van der Waals surface area contributed by atoms with Gasteiger partial charge in [0, 0.05) is 6.42 Å². The van der Waals surface area contributed by atoms with Gasteiger partial charge >= 0.3 is 0 Å². The summed E-state index contributed by atoms with van der Waals surface area (Å²) >= 11 is 0. The Labute approximate surface area is 449 Å². The molecule has 0 saturated carbocycles. The van der Waals surface area contributed by atoms with Gasteiger partial charge in [-0.3, -0.25) is 4.79 Å². The third-order valence-corrected chi connectivity index (χ3v) is 15.2. The lowest BCUT2D eigenvalue weighted by Gasteiger charge is -2.46. The van der Waals surface area contributed by atoms with Crippen LogP contribution in [0, 0.1) is 0 Å². The van der Waals surface area contributed by atoms with Gasteiger partial charge in [0.15, 0.2) is 12.6 Å². The van der Waals surface area contributed by atoms with Crippen LogP contribution in [-0.2, 0) is 23.7 Å². The highest BCUT2D eigenvalue weighted by molar-refractivity contribution is 5.76. The maximum atomic E-state index is 13.2. The number of aliphatic hydroxyl groups is 8. The van der Waals surface area contributed by atoms with Gasteiger partial charge in [-0.25, -0.2) is 0 Å². The van der Waals surface area contributed by atoms with Gasteiger partial charge in [0.25, 0.3) is 0 Å². The zero-order valence-electron chi connectivity index (χ0n) is 46.8. The van der Waals surface area contributed by atoms with E-state index < -0.39 is 86.8 Å². The second-order valence-electron chi connectivity index (χ2n) is 21.8. The van der Waals surface area contributed by atoms with E-state index in [1.807, 2.05) is 0 Å². The average molecular weight is 1060 g/mol. The standard InChI is InChI=1S/C60H113NO13/c1-3-5-7-9-11-13-14-15-16-17-18-19-20-21-22-23-24-25-26-27-28-29-30-31-32-33-34-36-38-40-42-44-52(65)61-48(49(64)43-41-39-37-35-12-10-8-6-4-2)47-71-59-57(70)55(68)58(51(46-63)73-59)74-60-56(69)54(67)53(66)50(45-62)72-60/h14-15,17-18,48-51,53-60,62-64,66-70H,3-13,16,19-47H2,1-2H3,(H,61,65)/b15-14-,18-17-. The normalized spacial score (nSPS) is 25.3. The van der Waals surface area contributed by atoms with E-state index in [1.54, 1.807) is 0 Å².